The first kappa shape index (κ1) is 27.8. The average molecular weight is 452 g/mol. The van der Waals surface area contributed by atoms with E-state index in [9.17, 15) is 0 Å². The average Bonchev–Trinajstić information content (AvgIpc) is 2.71. The van der Waals surface area contributed by atoms with Crippen molar-refractivity contribution in [1.29, 1.82) is 0 Å². The summed E-state index contributed by atoms with van der Waals surface area (Å²) in [6, 6.07) is 4.86. The first-order valence-corrected chi connectivity index (χ1v) is 7.83. The van der Waals surface area contributed by atoms with E-state index >= 15 is 0 Å². The molecule has 3 aromatic rings. The second-order valence-corrected chi connectivity index (χ2v) is 4.81. The van der Waals surface area contributed by atoms with Gasteiger partial charge in [0, 0.05) is 30.7 Å². The zero-order chi connectivity index (χ0) is 20.5. The van der Waals surface area contributed by atoms with Crippen molar-refractivity contribution in [2.75, 3.05) is 10.9 Å². The maximum atomic E-state index is 5.41. The van der Waals surface area contributed by atoms with Crippen LogP contribution in [0.2, 0.25) is 15.7 Å². The highest BCUT2D eigenvalue weighted by molar-refractivity contribution is 6.31. The molecule has 0 aliphatic carbocycles. The molecular weight excluding hydrogens is 431 g/mol. The topological polar surface area (TPSA) is 205 Å². The second-order valence-electron chi connectivity index (χ2n) is 3.74. The van der Waals surface area contributed by atoms with Gasteiger partial charge in [-0.05, 0) is 29.3 Å². The zero-order valence-electron chi connectivity index (χ0n) is 13.7. The summed E-state index contributed by atoms with van der Waals surface area (Å²) in [6.45, 7) is 0. The molecule has 154 valence electrons. The minimum absolute atomic E-state index is 0. The van der Waals surface area contributed by atoms with Crippen molar-refractivity contribution in [1.82, 2.24) is 29.9 Å². The minimum Gasteiger partial charge on any atom is -0.308 e. The maximum absolute atomic E-state index is 5.41. The quantitative estimate of drug-likeness (QED) is 0.141. The molecule has 28 heavy (non-hydrogen) atoms. The monoisotopic (exact) mass is 450 g/mol. The Labute approximate surface area is 177 Å². The lowest BCUT2D eigenvalue weighted by Crippen LogP contribution is -2.08. The Morgan fingerprint density at radius 1 is 0.714 bits per heavy atom. The van der Waals surface area contributed by atoms with Gasteiger partial charge in [0.05, 0.1) is 0 Å². The molecule has 0 fully saturated rings. The summed E-state index contributed by atoms with van der Waals surface area (Å²) in [4.78, 5) is 22.0. The highest BCUT2D eigenvalue weighted by Crippen LogP contribution is 2.05. The molecule has 15 heteroatoms. The van der Waals surface area contributed by atoms with E-state index in [0.29, 0.717) is 16.8 Å². The van der Waals surface area contributed by atoms with Gasteiger partial charge in [-0.25, -0.2) is 36.6 Å². The van der Waals surface area contributed by atoms with Gasteiger partial charge in [0.15, 0.2) is 0 Å². The molecule has 3 aromatic heterocycles. The van der Waals surface area contributed by atoms with Crippen molar-refractivity contribution in [2.45, 2.75) is 7.43 Å². The van der Waals surface area contributed by atoms with E-state index in [2.05, 4.69) is 52.4 Å². The first-order chi connectivity index (χ1) is 13.0. The van der Waals surface area contributed by atoms with Gasteiger partial charge in [0.25, 0.3) is 0 Å². The number of hydrazine groups is 3. The van der Waals surface area contributed by atoms with Crippen LogP contribution >= 0.6 is 34.8 Å². The van der Waals surface area contributed by atoms with Gasteiger partial charge >= 0.3 is 0 Å². The van der Waals surface area contributed by atoms with Crippen LogP contribution in [-0.4, -0.2) is 29.9 Å². The van der Waals surface area contributed by atoms with Gasteiger partial charge in [-0.3, -0.25) is 11.7 Å². The molecule has 0 spiro atoms. The molecule has 0 aliphatic heterocycles. The van der Waals surface area contributed by atoms with Crippen LogP contribution < -0.4 is 34.2 Å². The van der Waals surface area contributed by atoms with Crippen LogP contribution in [0.4, 0.5) is 11.6 Å². The van der Waals surface area contributed by atoms with Crippen LogP contribution in [0.3, 0.4) is 0 Å². The standard InChI is InChI=1S/C4H2Cl2N2.C4H5ClN4.C4H6N4.CH4.H4N2/c5-3-1-2-7-4(6)8-3;5-4-7-2-1-3(8-4)9-6;5-8-4-1-2-6-3-7-4;;1-2/h1-2H;1-2H,6H2,(H,7,8,9);1-3H,5H2,(H,6,7,8);1H4;1-2H2. The fourth-order valence-electron chi connectivity index (χ4n) is 1.11. The molecule has 0 atom stereocenters. The Bertz CT molecular complexity index is 732. The Hall–Kier alpha value is -2.45. The molecule has 0 bridgehead atoms. The molecule has 0 saturated carbocycles. The SMILES string of the molecule is C.Clc1ccnc(Cl)n1.NN.NNc1ccnc(Cl)n1.NNc1ccncn1. The summed E-state index contributed by atoms with van der Waals surface area (Å²) in [6.07, 6.45) is 6.06. The fraction of sp³-hybridized carbons (Fsp3) is 0.0769. The van der Waals surface area contributed by atoms with Crippen molar-refractivity contribution in [3.63, 3.8) is 0 Å². The predicted molar refractivity (Wildman–Crippen MR) is 112 cm³/mol. The third kappa shape index (κ3) is 13.7. The summed E-state index contributed by atoms with van der Waals surface area (Å²) < 4.78 is 0. The Kier molecular flexibility index (Phi) is 17.8. The molecule has 0 amide bonds. The number of hydrogen-bond acceptors (Lipinski definition) is 12. The van der Waals surface area contributed by atoms with Gasteiger partial charge in [-0.15, -0.1) is 0 Å². The van der Waals surface area contributed by atoms with Crippen LogP contribution in [0.1, 0.15) is 7.43 Å². The largest absolute Gasteiger partial charge is 0.308 e. The van der Waals surface area contributed by atoms with E-state index in [0.717, 1.165) is 0 Å². The molecule has 0 saturated heterocycles. The lowest BCUT2D eigenvalue weighted by molar-refractivity contribution is 1.14. The highest BCUT2D eigenvalue weighted by Gasteiger charge is 1.90. The third-order valence-electron chi connectivity index (χ3n) is 2.10. The zero-order valence-corrected chi connectivity index (χ0v) is 15.9. The number of nitrogen functional groups attached to an aromatic ring is 2. The lowest BCUT2D eigenvalue weighted by Gasteiger charge is -1.94. The summed E-state index contributed by atoms with van der Waals surface area (Å²) in [5.41, 5.74) is 4.71. The minimum atomic E-state index is 0. The fourth-order valence-corrected chi connectivity index (χ4v) is 1.58. The first-order valence-electron chi connectivity index (χ1n) is 6.70. The molecule has 0 unspecified atom stereocenters. The number of nitrogens with zero attached hydrogens (tertiary/aromatic N) is 6. The normalized spacial score (nSPS) is 8.25. The smallest absolute Gasteiger partial charge is 0.224 e. The van der Waals surface area contributed by atoms with Crippen molar-refractivity contribution in [2.24, 2.45) is 23.4 Å². The molecule has 3 rings (SSSR count). The van der Waals surface area contributed by atoms with E-state index in [1.54, 1.807) is 24.4 Å². The van der Waals surface area contributed by atoms with Crippen LogP contribution in [0.5, 0.6) is 0 Å². The molecular formula is C13H21Cl3N12. The Balaban J connectivity index is 0. The van der Waals surface area contributed by atoms with Crippen LogP contribution in [0.15, 0.2) is 43.1 Å². The number of halogens is 3. The summed E-state index contributed by atoms with van der Waals surface area (Å²) in [5.74, 6) is 19.2. The molecule has 0 aliphatic rings. The van der Waals surface area contributed by atoms with Gasteiger partial charge in [-0.2, -0.15) is 4.98 Å². The Morgan fingerprint density at radius 2 is 1.25 bits per heavy atom. The number of nitrogens with two attached hydrogens (primary N) is 4. The van der Waals surface area contributed by atoms with Crippen molar-refractivity contribution in [3.05, 3.63) is 58.8 Å². The Morgan fingerprint density at radius 3 is 1.57 bits per heavy atom. The van der Waals surface area contributed by atoms with Gasteiger partial charge in [0.2, 0.25) is 10.6 Å². The van der Waals surface area contributed by atoms with Crippen molar-refractivity contribution >= 4 is 46.4 Å². The van der Waals surface area contributed by atoms with Crippen molar-refractivity contribution in [3.8, 4) is 0 Å². The molecule has 12 nitrogen and oxygen atoms in total. The summed E-state index contributed by atoms with van der Waals surface area (Å²) >= 11 is 16.2. The highest BCUT2D eigenvalue weighted by atomic mass is 35.5. The molecule has 3 heterocycles. The van der Waals surface area contributed by atoms with E-state index < -0.39 is 0 Å². The van der Waals surface area contributed by atoms with Crippen LogP contribution in [-0.2, 0) is 0 Å². The van der Waals surface area contributed by atoms with Gasteiger partial charge in [0.1, 0.15) is 23.1 Å². The summed E-state index contributed by atoms with van der Waals surface area (Å²) in [5, 5.41) is 0.730. The molecule has 0 radical (unpaired) electrons. The van der Waals surface area contributed by atoms with E-state index in [4.69, 9.17) is 46.5 Å². The van der Waals surface area contributed by atoms with Gasteiger partial charge in [-0.1, -0.05) is 19.0 Å². The third-order valence-corrected chi connectivity index (χ3v) is 2.67. The number of rotatable bonds is 2. The maximum Gasteiger partial charge on any atom is 0.224 e. The van der Waals surface area contributed by atoms with Crippen LogP contribution in [0, 0.1) is 0 Å². The number of hydrogen-bond donors (Lipinski definition) is 6. The van der Waals surface area contributed by atoms with E-state index in [1.165, 1.54) is 18.7 Å². The molecule has 10 N–H and O–H groups in total. The van der Waals surface area contributed by atoms with Gasteiger partial charge < -0.3 is 10.9 Å². The number of nitrogens with one attached hydrogen (secondary N) is 2. The number of aromatic nitrogens is 6. The van der Waals surface area contributed by atoms with E-state index in [1.807, 2.05) is 0 Å². The van der Waals surface area contributed by atoms with Crippen LogP contribution in [0.25, 0.3) is 0 Å². The molecule has 0 aromatic carbocycles. The predicted octanol–water partition coefficient (Wildman–Crippen LogP) is 1.42. The lowest BCUT2D eigenvalue weighted by atomic mass is 10.6. The number of anilines is 2. The van der Waals surface area contributed by atoms with E-state index in [-0.39, 0.29) is 18.0 Å². The second kappa shape index (κ2) is 17.9. The van der Waals surface area contributed by atoms with Crippen molar-refractivity contribution < 1.29 is 0 Å². The summed E-state index contributed by atoms with van der Waals surface area (Å²) in [7, 11) is 0.